The monoisotopic (exact) mass is 164 g/mol. The zero-order valence-corrected chi connectivity index (χ0v) is 7.06. The standard InChI is InChI=1S/C9H14O.Mg.2H/c1-7(2)5-9(10)6-8(3)4;;;/h5-6H,1-4H3;;;. The van der Waals surface area contributed by atoms with E-state index in [1.807, 2.05) is 27.7 Å². The number of rotatable bonds is 2. The fourth-order valence-corrected chi connectivity index (χ4v) is 0.611. The van der Waals surface area contributed by atoms with Crippen molar-refractivity contribution in [2.45, 2.75) is 27.7 Å². The Kier molecular flexibility index (Phi) is 8.12. The summed E-state index contributed by atoms with van der Waals surface area (Å²) in [7, 11) is 0. The Balaban J connectivity index is 0. The molecule has 0 saturated carbocycles. The van der Waals surface area contributed by atoms with E-state index < -0.39 is 0 Å². The zero-order valence-electron chi connectivity index (χ0n) is 7.06. The number of carbonyl (C=O) groups excluding carboxylic acids is 1. The van der Waals surface area contributed by atoms with Crippen molar-refractivity contribution in [2.75, 3.05) is 0 Å². The van der Waals surface area contributed by atoms with Crippen LogP contribution in [0.1, 0.15) is 27.7 Å². The minimum atomic E-state index is 0. The maximum Gasteiger partial charge on any atom is 0.316 e. The molecular weight excluding hydrogens is 148 g/mol. The van der Waals surface area contributed by atoms with Crippen LogP contribution in [0.3, 0.4) is 0 Å². The third-order valence-electron chi connectivity index (χ3n) is 0.862. The van der Waals surface area contributed by atoms with Crippen LogP contribution in [0.25, 0.3) is 0 Å². The van der Waals surface area contributed by atoms with Gasteiger partial charge in [0.15, 0.2) is 5.78 Å². The summed E-state index contributed by atoms with van der Waals surface area (Å²) >= 11 is 0. The third-order valence-corrected chi connectivity index (χ3v) is 0.862. The highest BCUT2D eigenvalue weighted by atomic mass is 24.3. The van der Waals surface area contributed by atoms with E-state index in [2.05, 4.69) is 0 Å². The van der Waals surface area contributed by atoms with Crippen molar-refractivity contribution in [2.24, 2.45) is 0 Å². The summed E-state index contributed by atoms with van der Waals surface area (Å²) in [6, 6.07) is 0. The van der Waals surface area contributed by atoms with E-state index >= 15 is 0 Å². The summed E-state index contributed by atoms with van der Waals surface area (Å²) in [6.45, 7) is 7.65. The van der Waals surface area contributed by atoms with E-state index in [9.17, 15) is 4.79 Å². The van der Waals surface area contributed by atoms with Crippen molar-refractivity contribution in [3.8, 4) is 0 Å². The van der Waals surface area contributed by atoms with E-state index in [0.29, 0.717) is 0 Å². The van der Waals surface area contributed by atoms with Gasteiger partial charge in [0, 0.05) is 0 Å². The second kappa shape index (κ2) is 6.62. The summed E-state index contributed by atoms with van der Waals surface area (Å²) < 4.78 is 0. The van der Waals surface area contributed by atoms with Crippen LogP contribution >= 0.6 is 0 Å². The van der Waals surface area contributed by atoms with Crippen LogP contribution in [0, 0.1) is 0 Å². The molecule has 0 aliphatic rings. The van der Waals surface area contributed by atoms with Gasteiger partial charge in [-0.25, -0.2) is 0 Å². The molecule has 0 fully saturated rings. The lowest BCUT2D eigenvalue weighted by Crippen LogP contribution is -1.87. The first-order valence-electron chi connectivity index (χ1n) is 3.36. The first kappa shape index (κ1) is 13.5. The second-order valence-electron chi connectivity index (χ2n) is 2.85. The predicted octanol–water partition coefficient (Wildman–Crippen LogP) is 1.57. The number of ketones is 1. The highest BCUT2D eigenvalue weighted by molar-refractivity contribution is 5.99. The van der Waals surface area contributed by atoms with Crippen molar-refractivity contribution in [1.82, 2.24) is 0 Å². The van der Waals surface area contributed by atoms with Gasteiger partial charge in [0.25, 0.3) is 0 Å². The van der Waals surface area contributed by atoms with Crippen molar-refractivity contribution in [3.63, 3.8) is 0 Å². The zero-order chi connectivity index (χ0) is 8.15. The van der Waals surface area contributed by atoms with Crippen molar-refractivity contribution in [3.05, 3.63) is 23.3 Å². The summed E-state index contributed by atoms with van der Waals surface area (Å²) in [4.78, 5) is 10.9. The van der Waals surface area contributed by atoms with E-state index in [1.54, 1.807) is 12.2 Å². The largest absolute Gasteiger partial charge is 0.316 e. The lowest BCUT2D eigenvalue weighted by atomic mass is 10.2. The summed E-state index contributed by atoms with van der Waals surface area (Å²) in [5, 5.41) is 0. The van der Waals surface area contributed by atoms with Gasteiger partial charge in [0.05, 0.1) is 0 Å². The fourth-order valence-electron chi connectivity index (χ4n) is 0.611. The Morgan fingerprint density at radius 2 is 1.18 bits per heavy atom. The molecule has 0 aliphatic heterocycles. The van der Waals surface area contributed by atoms with Crippen molar-refractivity contribution < 1.29 is 4.79 Å². The number of hydrogen-bond donors (Lipinski definition) is 0. The summed E-state index contributed by atoms with van der Waals surface area (Å²) in [6.07, 6.45) is 3.26. The first-order chi connectivity index (χ1) is 4.52. The Morgan fingerprint density at radius 3 is 1.36 bits per heavy atom. The number of carbonyl (C=O) groups is 1. The molecule has 0 aromatic heterocycles. The predicted molar refractivity (Wildman–Crippen MR) is 52.4 cm³/mol. The highest BCUT2D eigenvalue weighted by Gasteiger charge is 1.89. The van der Waals surface area contributed by atoms with Gasteiger partial charge < -0.3 is 0 Å². The summed E-state index contributed by atoms with van der Waals surface area (Å²) in [5.41, 5.74) is 2.09. The maximum atomic E-state index is 10.9. The molecular formula is C9H16MgO. The molecule has 0 spiro atoms. The Hall–Kier alpha value is -0.0838. The van der Waals surface area contributed by atoms with Gasteiger partial charge in [0.1, 0.15) is 0 Å². The Morgan fingerprint density at radius 1 is 0.909 bits per heavy atom. The van der Waals surface area contributed by atoms with Gasteiger partial charge in [-0.15, -0.1) is 0 Å². The number of allylic oxidation sites excluding steroid dienone is 4. The maximum absolute atomic E-state index is 10.9. The van der Waals surface area contributed by atoms with E-state index in [4.69, 9.17) is 0 Å². The van der Waals surface area contributed by atoms with Crippen LogP contribution in [0.5, 0.6) is 0 Å². The molecule has 1 nitrogen and oxygen atoms in total. The lowest BCUT2D eigenvalue weighted by Gasteiger charge is -1.87. The van der Waals surface area contributed by atoms with Crippen LogP contribution in [-0.4, -0.2) is 28.8 Å². The molecule has 0 N–H and O–H groups in total. The molecule has 2 heteroatoms. The number of hydrogen-bond acceptors (Lipinski definition) is 1. The lowest BCUT2D eigenvalue weighted by molar-refractivity contribution is -0.110. The summed E-state index contributed by atoms with van der Waals surface area (Å²) in [5.74, 6) is 0.0833. The van der Waals surface area contributed by atoms with Crippen LogP contribution in [0.4, 0.5) is 0 Å². The fraction of sp³-hybridized carbons (Fsp3) is 0.444. The molecule has 60 valence electrons. The SMILES string of the molecule is CC(C)=CC(=O)C=C(C)C.[MgH2]. The average molecular weight is 165 g/mol. The van der Waals surface area contributed by atoms with E-state index in [0.717, 1.165) is 11.1 Å². The molecule has 0 radical (unpaired) electrons. The first-order valence-corrected chi connectivity index (χ1v) is 3.36. The molecule has 0 aliphatic carbocycles. The third kappa shape index (κ3) is 9.92. The molecule has 0 rings (SSSR count). The molecule has 0 atom stereocenters. The molecule has 0 bridgehead atoms. The molecule has 0 heterocycles. The van der Waals surface area contributed by atoms with Gasteiger partial charge in [0.2, 0.25) is 0 Å². The van der Waals surface area contributed by atoms with Crippen LogP contribution in [0.15, 0.2) is 23.3 Å². The van der Waals surface area contributed by atoms with E-state index in [-0.39, 0.29) is 28.8 Å². The van der Waals surface area contributed by atoms with Gasteiger partial charge >= 0.3 is 23.1 Å². The topological polar surface area (TPSA) is 17.1 Å². The van der Waals surface area contributed by atoms with Crippen LogP contribution in [-0.2, 0) is 4.79 Å². The van der Waals surface area contributed by atoms with Crippen LogP contribution in [0.2, 0.25) is 0 Å². The quantitative estimate of drug-likeness (QED) is 0.447. The minimum absolute atomic E-state index is 0. The Bertz CT molecular complexity index is 162. The van der Waals surface area contributed by atoms with Gasteiger partial charge in [-0.1, -0.05) is 11.1 Å². The molecule has 11 heavy (non-hydrogen) atoms. The smallest absolute Gasteiger partial charge is 0.290 e. The normalized spacial score (nSPS) is 7.64. The highest BCUT2D eigenvalue weighted by Crippen LogP contribution is 1.94. The van der Waals surface area contributed by atoms with Gasteiger partial charge in [-0.3, -0.25) is 4.79 Å². The molecule has 0 unspecified atom stereocenters. The Labute approximate surface area is 84.7 Å². The van der Waals surface area contributed by atoms with Crippen molar-refractivity contribution >= 4 is 28.8 Å². The molecule has 0 amide bonds. The second-order valence-corrected chi connectivity index (χ2v) is 2.85. The molecule has 0 aromatic carbocycles. The average Bonchev–Trinajstić information content (AvgIpc) is 1.58. The van der Waals surface area contributed by atoms with E-state index in [1.165, 1.54) is 0 Å². The minimum Gasteiger partial charge on any atom is -0.290 e. The molecule has 0 aromatic rings. The van der Waals surface area contributed by atoms with Gasteiger partial charge in [-0.2, -0.15) is 0 Å². The van der Waals surface area contributed by atoms with Gasteiger partial charge in [-0.05, 0) is 39.8 Å². The van der Waals surface area contributed by atoms with Crippen LogP contribution < -0.4 is 0 Å². The molecule has 0 saturated heterocycles. The van der Waals surface area contributed by atoms with Crippen molar-refractivity contribution in [1.29, 1.82) is 0 Å².